The second-order valence-corrected chi connectivity index (χ2v) is 4.80. The largest absolute Gasteiger partial charge is 0.369 e. The van der Waals surface area contributed by atoms with Crippen molar-refractivity contribution in [2.75, 3.05) is 12.3 Å². The third-order valence-electron chi connectivity index (χ3n) is 2.55. The Morgan fingerprint density at radius 2 is 2.44 bits per heavy atom. The van der Waals surface area contributed by atoms with Crippen LogP contribution in [0, 0.1) is 5.82 Å². The highest BCUT2D eigenvalue weighted by atomic mass is 32.2. The first-order valence-electron chi connectivity index (χ1n) is 5.11. The first-order chi connectivity index (χ1) is 7.68. The van der Waals surface area contributed by atoms with E-state index in [1.54, 1.807) is 6.07 Å². The van der Waals surface area contributed by atoms with Gasteiger partial charge in [0.25, 0.3) is 0 Å². The number of halogens is 1. The zero-order valence-corrected chi connectivity index (χ0v) is 9.52. The first kappa shape index (κ1) is 11.4. The zero-order valence-electron chi connectivity index (χ0n) is 8.70. The zero-order chi connectivity index (χ0) is 11.5. The second kappa shape index (κ2) is 4.84. The van der Waals surface area contributed by atoms with Gasteiger partial charge in [-0.1, -0.05) is 12.1 Å². The number of fused-ring (bicyclic) bond motifs is 1. The molecule has 1 aromatic rings. The van der Waals surface area contributed by atoms with E-state index in [-0.39, 0.29) is 18.4 Å². The third-order valence-corrected chi connectivity index (χ3v) is 3.71. The normalized spacial score (nSPS) is 19.2. The minimum atomic E-state index is -0.392. The number of amides is 1. The molecule has 0 saturated heterocycles. The molecule has 1 aliphatic heterocycles. The highest BCUT2D eigenvalue weighted by molar-refractivity contribution is 7.99. The van der Waals surface area contributed by atoms with Crippen molar-refractivity contribution in [1.29, 1.82) is 0 Å². The predicted molar refractivity (Wildman–Crippen MR) is 61.7 cm³/mol. The van der Waals surface area contributed by atoms with Gasteiger partial charge in [-0.25, -0.2) is 4.39 Å². The molecule has 0 saturated carbocycles. The molecule has 1 aliphatic rings. The van der Waals surface area contributed by atoms with Gasteiger partial charge in [0.1, 0.15) is 5.82 Å². The van der Waals surface area contributed by atoms with Crippen LogP contribution in [-0.2, 0) is 4.79 Å². The highest BCUT2D eigenvalue weighted by Crippen LogP contribution is 2.37. The van der Waals surface area contributed by atoms with E-state index < -0.39 is 5.91 Å². The van der Waals surface area contributed by atoms with Gasteiger partial charge in [0.15, 0.2) is 0 Å². The molecule has 1 aromatic carbocycles. The number of rotatable bonds is 3. The van der Waals surface area contributed by atoms with Crippen LogP contribution in [0.2, 0.25) is 0 Å². The summed E-state index contributed by atoms with van der Waals surface area (Å²) in [6.45, 7) is 0.130. The monoisotopic (exact) mass is 240 g/mol. The van der Waals surface area contributed by atoms with Gasteiger partial charge in [-0.2, -0.15) is 0 Å². The maximum absolute atomic E-state index is 13.5. The summed E-state index contributed by atoms with van der Waals surface area (Å²) in [7, 11) is 0. The third kappa shape index (κ3) is 2.36. The van der Waals surface area contributed by atoms with Crippen LogP contribution in [-0.4, -0.2) is 18.2 Å². The molecule has 0 fully saturated rings. The molecule has 1 unspecified atom stereocenters. The molecule has 86 valence electrons. The lowest BCUT2D eigenvalue weighted by Gasteiger charge is -2.25. The van der Waals surface area contributed by atoms with Gasteiger partial charge in [-0.05, 0) is 23.8 Å². The molecule has 3 N–H and O–H groups in total. The van der Waals surface area contributed by atoms with Gasteiger partial charge in [-0.3, -0.25) is 4.79 Å². The van der Waals surface area contributed by atoms with E-state index in [0.717, 1.165) is 17.7 Å². The molecule has 0 aliphatic carbocycles. The molecule has 0 radical (unpaired) electrons. The van der Waals surface area contributed by atoms with Crippen molar-refractivity contribution in [2.24, 2.45) is 5.73 Å². The van der Waals surface area contributed by atoms with Crippen LogP contribution in [0.15, 0.2) is 23.1 Å². The Bertz CT molecular complexity index is 411. The number of hydrogen-bond donors (Lipinski definition) is 2. The van der Waals surface area contributed by atoms with Crippen molar-refractivity contribution < 1.29 is 9.18 Å². The van der Waals surface area contributed by atoms with Gasteiger partial charge >= 0.3 is 0 Å². The van der Waals surface area contributed by atoms with Crippen LogP contribution in [0.3, 0.4) is 0 Å². The standard InChI is InChI=1S/C11H13FN2OS/c12-8-3-1-2-7-9(14-6-10(13)15)4-5-16-11(7)8/h1-3,9,14H,4-6H2,(H2,13,15). The summed E-state index contributed by atoms with van der Waals surface area (Å²) in [4.78, 5) is 11.4. The molecule has 3 nitrogen and oxygen atoms in total. The summed E-state index contributed by atoms with van der Waals surface area (Å²) < 4.78 is 13.5. The maximum atomic E-state index is 13.5. The Morgan fingerprint density at radius 1 is 1.62 bits per heavy atom. The van der Waals surface area contributed by atoms with E-state index >= 15 is 0 Å². The van der Waals surface area contributed by atoms with E-state index in [4.69, 9.17) is 5.73 Å². The number of nitrogens with one attached hydrogen (secondary N) is 1. The van der Waals surface area contributed by atoms with Crippen LogP contribution < -0.4 is 11.1 Å². The Labute approximate surface area is 97.6 Å². The van der Waals surface area contributed by atoms with Gasteiger partial charge in [0.2, 0.25) is 5.91 Å². The number of thioether (sulfide) groups is 1. The summed E-state index contributed by atoms with van der Waals surface area (Å²) in [5.41, 5.74) is 6.01. The molecule has 5 heteroatoms. The lowest BCUT2D eigenvalue weighted by atomic mass is 10.0. The molecule has 0 spiro atoms. The topological polar surface area (TPSA) is 55.1 Å². The molecule has 0 aromatic heterocycles. The average Bonchev–Trinajstić information content (AvgIpc) is 2.27. The SMILES string of the molecule is NC(=O)CNC1CCSc2c(F)cccc21. The Hall–Kier alpha value is -1.07. The van der Waals surface area contributed by atoms with Crippen molar-refractivity contribution >= 4 is 17.7 Å². The Morgan fingerprint density at radius 3 is 3.19 bits per heavy atom. The summed E-state index contributed by atoms with van der Waals surface area (Å²) >= 11 is 1.52. The van der Waals surface area contributed by atoms with Crippen LogP contribution in [0.4, 0.5) is 4.39 Å². The number of nitrogens with two attached hydrogens (primary N) is 1. The van der Waals surface area contributed by atoms with Crippen LogP contribution >= 0.6 is 11.8 Å². The number of carbonyl (C=O) groups excluding carboxylic acids is 1. The van der Waals surface area contributed by atoms with Crippen molar-refractivity contribution in [3.8, 4) is 0 Å². The summed E-state index contributed by atoms with van der Waals surface area (Å²) in [6, 6.07) is 5.07. The van der Waals surface area contributed by atoms with Crippen molar-refractivity contribution in [1.82, 2.24) is 5.32 Å². The Kier molecular flexibility index (Phi) is 3.46. The predicted octanol–water partition coefficient (Wildman–Crippen LogP) is 1.44. The van der Waals surface area contributed by atoms with Crippen molar-refractivity contribution in [3.05, 3.63) is 29.6 Å². The summed E-state index contributed by atoms with van der Waals surface area (Å²) in [6.07, 6.45) is 0.883. The van der Waals surface area contributed by atoms with E-state index in [9.17, 15) is 9.18 Å². The molecular formula is C11H13FN2OS. The highest BCUT2D eigenvalue weighted by Gasteiger charge is 2.22. The lowest BCUT2D eigenvalue weighted by molar-refractivity contribution is -0.117. The fourth-order valence-electron chi connectivity index (χ4n) is 1.82. The number of hydrogen-bond acceptors (Lipinski definition) is 3. The van der Waals surface area contributed by atoms with Gasteiger partial charge in [0.05, 0.1) is 6.54 Å². The average molecular weight is 240 g/mol. The van der Waals surface area contributed by atoms with E-state index in [0.29, 0.717) is 4.90 Å². The summed E-state index contributed by atoms with van der Waals surface area (Å²) in [5.74, 6) is 0.272. The molecule has 1 atom stereocenters. The van der Waals surface area contributed by atoms with Crippen LogP contribution in [0.25, 0.3) is 0 Å². The minimum Gasteiger partial charge on any atom is -0.369 e. The maximum Gasteiger partial charge on any atom is 0.231 e. The molecule has 1 amide bonds. The molecule has 2 rings (SSSR count). The van der Waals surface area contributed by atoms with E-state index in [2.05, 4.69) is 5.32 Å². The smallest absolute Gasteiger partial charge is 0.231 e. The number of benzene rings is 1. The molecule has 16 heavy (non-hydrogen) atoms. The minimum absolute atomic E-state index is 0.0273. The van der Waals surface area contributed by atoms with Gasteiger partial charge in [0, 0.05) is 10.9 Å². The second-order valence-electron chi connectivity index (χ2n) is 3.70. The van der Waals surface area contributed by atoms with E-state index in [1.807, 2.05) is 6.07 Å². The fourth-order valence-corrected chi connectivity index (χ4v) is 2.96. The Balaban J connectivity index is 2.19. The molecular weight excluding hydrogens is 227 g/mol. The van der Waals surface area contributed by atoms with Crippen molar-refractivity contribution in [3.63, 3.8) is 0 Å². The van der Waals surface area contributed by atoms with Gasteiger partial charge < -0.3 is 11.1 Å². The lowest BCUT2D eigenvalue weighted by Crippen LogP contribution is -2.33. The number of carbonyl (C=O) groups is 1. The number of primary amides is 1. The quantitative estimate of drug-likeness (QED) is 0.840. The van der Waals surface area contributed by atoms with E-state index in [1.165, 1.54) is 17.8 Å². The van der Waals surface area contributed by atoms with Crippen LogP contribution in [0.5, 0.6) is 0 Å². The first-order valence-corrected chi connectivity index (χ1v) is 6.10. The summed E-state index contributed by atoms with van der Waals surface area (Å²) in [5, 5.41) is 3.05. The van der Waals surface area contributed by atoms with Crippen molar-refractivity contribution in [2.45, 2.75) is 17.4 Å². The fraction of sp³-hybridized carbons (Fsp3) is 0.364. The molecule has 1 heterocycles. The van der Waals surface area contributed by atoms with Crippen LogP contribution in [0.1, 0.15) is 18.0 Å². The molecule has 0 bridgehead atoms. The van der Waals surface area contributed by atoms with Gasteiger partial charge in [-0.15, -0.1) is 11.8 Å².